The fourth-order valence-electron chi connectivity index (χ4n) is 1.24. The Morgan fingerprint density at radius 2 is 2.05 bits per heavy atom. The summed E-state index contributed by atoms with van der Waals surface area (Å²) in [5.41, 5.74) is 0.448. The molecule has 7 heteroatoms. The molecule has 1 rings (SSSR count). The molecule has 0 aliphatic heterocycles. The summed E-state index contributed by atoms with van der Waals surface area (Å²) >= 11 is 5.75. The van der Waals surface area contributed by atoms with Crippen LogP contribution in [0, 0.1) is 0 Å². The molecular weight excluding hydrogens is 272 g/mol. The summed E-state index contributed by atoms with van der Waals surface area (Å²) in [6.07, 6.45) is 0. The van der Waals surface area contributed by atoms with Crippen molar-refractivity contribution in [1.29, 1.82) is 0 Å². The van der Waals surface area contributed by atoms with Crippen LogP contribution < -0.4 is 10.6 Å². The predicted octanol–water partition coefficient (Wildman–Crippen LogP) is 0.404. The van der Waals surface area contributed by atoms with Crippen molar-refractivity contribution >= 4 is 29.1 Å². The van der Waals surface area contributed by atoms with Gasteiger partial charge < -0.3 is 20.5 Å². The van der Waals surface area contributed by atoms with Crippen LogP contribution in [0.1, 0.15) is 0 Å². The Morgan fingerprint density at radius 3 is 2.74 bits per heavy atom. The first-order valence-electron chi connectivity index (χ1n) is 5.67. The molecule has 3 N–H and O–H groups in total. The zero-order valence-corrected chi connectivity index (χ0v) is 10.9. The van der Waals surface area contributed by atoms with Crippen LogP contribution in [-0.4, -0.2) is 43.3 Å². The number of carbonyl (C=O) groups is 2. The van der Waals surface area contributed by atoms with E-state index < -0.39 is 11.8 Å². The second-order valence-corrected chi connectivity index (χ2v) is 3.99. The molecule has 0 fully saturated rings. The summed E-state index contributed by atoms with van der Waals surface area (Å²) in [6, 6.07) is 6.49. The lowest BCUT2D eigenvalue weighted by Crippen LogP contribution is -2.37. The number of aliphatic hydroxyl groups excluding tert-OH is 1. The van der Waals surface area contributed by atoms with Crippen molar-refractivity contribution < 1.29 is 19.4 Å². The van der Waals surface area contributed by atoms with Crippen LogP contribution in [-0.2, 0) is 14.3 Å². The highest BCUT2D eigenvalue weighted by molar-refractivity contribution is 6.39. The average Bonchev–Trinajstić information content (AvgIpc) is 2.38. The van der Waals surface area contributed by atoms with E-state index >= 15 is 0 Å². The van der Waals surface area contributed by atoms with Gasteiger partial charge in [0.15, 0.2) is 0 Å². The van der Waals surface area contributed by atoms with E-state index in [-0.39, 0.29) is 26.4 Å². The number of rotatable bonds is 6. The Morgan fingerprint density at radius 1 is 1.26 bits per heavy atom. The number of hydrogen-bond acceptors (Lipinski definition) is 4. The predicted molar refractivity (Wildman–Crippen MR) is 71.0 cm³/mol. The third-order valence-electron chi connectivity index (χ3n) is 2.06. The van der Waals surface area contributed by atoms with E-state index in [9.17, 15) is 9.59 Å². The van der Waals surface area contributed by atoms with E-state index in [1.54, 1.807) is 18.2 Å². The van der Waals surface area contributed by atoms with E-state index in [1.807, 2.05) is 0 Å². The minimum absolute atomic E-state index is 0.0802. The van der Waals surface area contributed by atoms with Crippen LogP contribution in [0.2, 0.25) is 5.02 Å². The standard InChI is InChI=1S/C12H15ClN2O4/c13-9-2-1-3-10(8-9)15-12(18)11(17)14-4-6-19-7-5-16/h1-3,8,16H,4-7H2,(H,14,17)(H,15,18). The molecule has 0 spiro atoms. The molecule has 0 bridgehead atoms. The molecular formula is C12H15ClN2O4. The van der Waals surface area contributed by atoms with Gasteiger partial charge in [-0.2, -0.15) is 0 Å². The van der Waals surface area contributed by atoms with Gasteiger partial charge in [0.2, 0.25) is 0 Å². The quantitative estimate of drug-likeness (QED) is 0.522. The number of nitrogens with one attached hydrogen (secondary N) is 2. The zero-order chi connectivity index (χ0) is 14.1. The lowest BCUT2D eigenvalue weighted by atomic mass is 10.3. The maximum absolute atomic E-state index is 11.5. The minimum Gasteiger partial charge on any atom is -0.394 e. The highest BCUT2D eigenvalue weighted by Crippen LogP contribution is 2.14. The van der Waals surface area contributed by atoms with Crippen LogP contribution >= 0.6 is 11.6 Å². The molecule has 0 aliphatic carbocycles. The van der Waals surface area contributed by atoms with Gasteiger partial charge in [0, 0.05) is 17.3 Å². The average molecular weight is 287 g/mol. The number of halogens is 1. The number of ether oxygens (including phenoxy) is 1. The molecule has 104 valence electrons. The van der Waals surface area contributed by atoms with Gasteiger partial charge in [-0.05, 0) is 18.2 Å². The van der Waals surface area contributed by atoms with Gasteiger partial charge in [-0.15, -0.1) is 0 Å². The molecule has 2 amide bonds. The zero-order valence-electron chi connectivity index (χ0n) is 10.2. The molecule has 0 atom stereocenters. The number of benzene rings is 1. The molecule has 0 aromatic heterocycles. The lowest BCUT2D eigenvalue weighted by molar-refractivity contribution is -0.136. The van der Waals surface area contributed by atoms with Crippen LogP contribution in [0.25, 0.3) is 0 Å². The largest absolute Gasteiger partial charge is 0.394 e. The third kappa shape index (κ3) is 6.19. The summed E-state index contributed by atoms with van der Waals surface area (Å²) in [4.78, 5) is 22.9. The number of hydrogen-bond donors (Lipinski definition) is 3. The topological polar surface area (TPSA) is 87.7 Å². The van der Waals surface area contributed by atoms with Crippen molar-refractivity contribution in [2.24, 2.45) is 0 Å². The van der Waals surface area contributed by atoms with Gasteiger partial charge in [-0.25, -0.2) is 0 Å². The lowest BCUT2D eigenvalue weighted by Gasteiger charge is -2.07. The SMILES string of the molecule is O=C(NCCOCCO)C(=O)Nc1cccc(Cl)c1. The molecule has 6 nitrogen and oxygen atoms in total. The molecule has 0 unspecified atom stereocenters. The van der Waals surface area contributed by atoms with Gasteiger partial charge in [-0.3, -0.25) is 9.59 Å². The maximum atomic E-state index is 11.5. The van der Waals surface area contributed by atoms with Gasteiger partial charge in [0.05, 0.1) is 19.8 Å². The molecule has 1 aromatic carbocycles. The number of carbonyl (C=O) groups excluding carboxylic acids is 2. The van der Waals surface area contributed by atoms with Crippen LogP contribution in [0.4, 0.5) is 5.69 Å². The Hall–Kier alpha value is -1.63. The molecule has 0 saturated carbocycles. The van der Waals surface area contributed by atoms with Crippen LogP contribution in [0.15, 0.2) is 24.3 Å². The van der Waals surface area contributed by atoms with Crippen LogP contribution in [0.3, 0.4) is 0 Å². The highest BCUT2D eigenvalue weighted by atomic mass is 35.5. The van der Waals surface area contributed by atoms with Crippen molar-refractivity contribution in [3.05, 3.63) is 29.3 Å². The number of anilines is 1. The summed E-state index contributed by atoms with van der Waals surface area (Å²) in [7, 11) is 0. The van der Waals surface area contributed by atoms with Crippen LogP contribution in [0.5, 0.6) is 0 Å². The highest BCUT2D eigenvalue weighted by Gasteiger charge is 2.12. The minimum atomic E-state index is -0.774. The molecule has 0 saturated heterocycles. The molecule has 0 aliphatic rings. The van der Waals surface area contributed by atoms with Gasteiger partial charge in [0.25, 0.3) is 0 Å². The summed E-state index contributed by atoms with van der Waals surface area (Å²) in [5.74, 6) is -1.53. The third-order valence-corrected chi connectivity index (χ3v) is 2.29. The number of aliphatic hydroxyl groups is 1. The summed E-state index contributed by atoms with van der Waals surface area (Å²) in [6.45, 7) is 0.548. The van der Waals surface area contributed by atoms with Crippen molar-refractivity contribution in [1.82, 2.24) is 5.32 Å². The van der Waals surface area contributed by atoms with E-state index in [0.717, 1.165) is 0 Å². The Labute approximate surface area is 115 Å². The summed E-state index contributed by atoms with van der Waals surface area (Å²) in [5, 5.41) is 13.7. The van der Waals surface area contributed by atoms with Gasteiger partial charge in [-0.1, -0.05) is 17.7 Å². The Bertz CT molecular complexity index is 439. The Balaban J connectivity index is 2.31. The molecule has 19 heavy (non-hydrogen) atoms. The monoisotopic (exact) mass is 286 g/mol. The number of amides is 2. The molecule has 1 aromatic rings. The fourth-order valence-corrected chi connectivity index (χ4v) is 1.43. The molecule has 0 heterocycles. The van der Waals surface area contributed by atoms with Crippen molar-refractivity contribution in [3.8, 4) is 0 Å². The smallest absolute Gasteiger partial charge is 0.313 e. The molecule has 0 radical (unpaired) electrons. The Kier molecular flexibility index (Phi) is 6.88. The summed E-state index contributed by atoms with van der Waals surface area (Å²) < 4.78 is 4.93. The normalized spacial score (nSPS) is 10.0. The maximum Gasteiger partial charge on any atom is 0.313 e. The second-order valence-electron chi connectivity index (χ2n) is 3.56. The van der Waals surface area contributed by atoms with E-state index in [0.29, 0.717) is 10.7 Å². The van der Waals surface area contributed by atoms with E-state index in [4.69, 9.17) is 21.4 Å². The fraction of sp³-hybridized carbons (Fsp3) is 0.333. The second kappa shape index (κ2) is 8.47. The van der Waals surface area contributed by atoms with Crippen molar-refractivity contribution in [2.45, 2.75) is 0 Å². The first kappa shape index (κ1) is 15.4. The van der Waals surface area contributed by atoms with E-state index in [1.165, 1.54) is 6.07 Å². The van der Waals surface area contributed by atoms with Gasteiger partial charge in [0.1, 0.15) is 0 Å². The first-order valence-corrected chi connectivity index (χ1v) is 6.04. The van der Waals surface area contributed by atoms with E-state index in [2.05, 4.69) is 10.6 Å². The van der Waals surface area contributed by atoms with Crippen molar-refractivity contribution in [2.75, 3.05) is 31.7 Å². The first-order chi connectivity index (χ1) is 9.13. The van der Waals surface area contributed by atoms with Gasteiger partial charge >= 0.3 is 11.8 Å². The van der Waals surface area contributed by atoms with Crippen molar-refractivity contribution in [3.63, 3.8) is 0 Å².